The average Bonchev–Trinajstić information content (AvgIpc) is 2.88. The zero-order valence-electron chi connectivity index (χ0n) is 14.2. The Labute approximate surface area is 138 Å². The number of para-hydroxylation sites is 1. The molecule has 2 rings (SSSR count). The molecule has 23 heavy (non-hydrogen) atoms. The highest BCUT2D eigenvalue weighted by molar-refractivity contribution is 5.89. The van der Waals surface area contributed by atoms with Crippen LogP contribution in [-0.2, 0) is 16.0 Å². The van der Waals surface area contributed by atoms with Crippen LogP contribution in [0.4, 0.5) is 0 Å². The molecule has 1 aromatic rings. The third-order valence-corrected chi connectivity index (χ3v) is 4.06. The number of methoxy groups -OCH3 is 1. The van der Waals surface area contributed by atoms with Gasteiger partial charge in [-0.15, -0.1) is 0 Å². The molecule has 2 amide bonds. The van der Waals surface area contributed by atoms with Crippen LogP contribution >= 0.6 is 0 Å². The second-order valence-electron chi connectivity index (χ2n) is 6.45. The van der Waals surface area contributed by atoms with Crippen LogP contribution in [0.25, 0.3) is 0 Å². The first kappa shape index (κ1) is 17.3. The van der Waals surface area contributed by atoms with Crippen LogP contribution in [0.5, 0.6) is 5.75 Å². The fourth-order valence-corrected chi connectivity index (χ4v) is 2.94. The van der Waals surface area contributed by atoms with Gasteiger partial charge in [-0.1, -0.05) is 32.0 Å². The van der Waals surface area contributed by atoms with Crippen LogP contribution in [-0.4, -0.2) is 43.5 Å². The number of amides is 2. The predicted molar refractivity (Wildman–Crippen MR) is 89.2 cm³/mol. The number of carbonyl (C=O) groups is 2. The molecule has 1 aliphatic rings. The molecule has 5 nitrogen and oxygen atoms in total. The number of hydrogen-bond acceptors (Lipinski definition) is 3. The van der Waals surface area contributed by atoms with Crippen molar-refractivity contribution >= 4 is 11.8 Å². The maximum atomic E-state index is 12.2. The van der Waals surface area contributed by atoms with Gasteiger partial charge >= 0.3 is 0 Å². The lowest BCUT2D eigenvalue weighted by atomic mass is 10.1. The molecule has 126 valence electrons. The van der Waals surface area contributed by atoms with Crippen molar-refractivity contribution in [1.82, 2.24) is 10.2 Å². The van der Waals surface area contributed by atoms with Crippen LogP contribution < -0.4 is 10.1 Å². The van der Waals surface area contributed by atoms with Gasteiger partial charge in [-0.05, 0) is 24.0 Å². The SMILES string of the molecule is COc1ccccc1CCNC(=O)C1CC(=O)N(CC(C)C)C1. The summed E-state index contributed by atoms with van der Waals surface area (Å²) in [6, 6.07) is 7.79. The highest BCUT2D eigenvalue weighted by atomic mass is 16.5. The molecule has 0 spiro atoms. The number of hydrogen-bond donors (Lipinski definition) is 1. The molecule has 0 bridgehead atoms. The van der Waals surface area contributed by atoms with Crippen molar-refractivity contribution in [2.75, 3.05) is 26.7 Å². The summed E-state index contributed by atoms with van der Waals surface area (Å²) in [6.07, 6.45) is 1.04. The first-order valence-corrected chi connectivity index (χ1v) is 8.18. The first-order chi connectivity index (χ1) is 11.0. The Morgan fingerprint density at radius 1 is 1.39 bits per heavy atom. The van der Waals surface area contributed by atoms with Gasteiger partial charge in [0.15, 0.2) is 0 Å². The molecule has 1 fully saturated rings. The first-order valence-electron chi connectivity index (χ1n) is 8.18. The molecule has 0 aliphatic carbocycles. The predicted octanol–water partition coefficient (Wildman–Crippen LogP) is 1.86. The van der Waals surface area contributed by atoms with Crippen molar-refractivity contribution in [1.29, 1.82) is 0 Å². The lowest BCUT2D eigenvalue weighted by Crippen LogP contribution is -2.35. The standard InChI is InChI=1S/C18H26N2O3/c1-13(2)11-20-12-15(10-17(20)21)18(22)19-9-8-14-6-4-5-7-16(14)23-3/h4-7,13,15H,8-12H2,1-3H3,(H,19,22). The topological polar surface area (TPSA) is 58.6 Å². The number of carbonyl (C=O) groups excluding carboxylic acids is 2. The Balaban J connectivity index is 1.80. The highest BCUT2D eigenvalue weighted by Gasteiger charge is 2.34. The molecule has 1 aromatic carbocycles. The van der Waals surface area contributed by atoms with Gasteiger partial charge in [-0.25, -0.2) is 0 Å². The van der Waals surface area contributed by atoms with Crippen molar-refractivity contribution in [3.05, 3.63) is 29.8 Å². The molecule has 0 aromatic heterocycles. The summed E-state index contributed by atoms with van der Waals surface area (Å²) >= 11 is 0. The molecular weight excluding hydrogens is 292 g/mol. The number of rotatable bonds is 7. The Bertz CT molecular complexity index is 557. The largest absolute Gasteiger partial charge is 0.496 e. The summed E-state index contributed by atoms with van der Waals surface area (Å²) < 4.78 is 5.30. The minimum atomic E-state index is -0.223. The van der Waals surface area contributed by atoms with Crippen molar-refractivity contribution in [2.45, 2.75) is 26.7 Å². The molecule has 1 heterocycles. The van der Waals surface area contributed by atoms with Crippen LogP contribution in [0.1, 0.15) is 25.8 Å². The van der Waals surface area contributed by atoms with Gasteiger partial charge in [0.1, 0.15) is 5.75 Å². The van der Waals surface area contributed by atoms with Crippen molar-refractivity contribution < 1.29 is 14.3 Å². The zero-order chi connectivity index (χ0) is 16.8. The van der Waals surface area contributed by atoms with Gasteiger partial charge in [0.2, 0.25) is 11.8 Å². The third-order valence-electron chi connectivity index (χ3n) is 4.06. The average molecular weight is 318 g/mol. The summed E-state index contributed by atoms with van der Waals surface area (Å²) in [7, 11) is 1.64. The number of ether oxygens (including phenoxy) is 1. The molecular formula is C18H26N2O3. The fraction of sp³-hybridized carbons (Fsp3) is 0.556. The maximum Gasteiger partial charge on any atom is 0.225 e. The summed E-state index contributed by atoms with van der Waals surface area (Å²) in [5, 5.41) is 2.95. The van der Waals surface area contributed by atoms with E-state index < -0.39 is 0 Å². The van der Waals surface area contributed by atoms with Crippen LogP contribution in [0, 0.1) is 11.8 Å². The van der Waals surface area contributed by atoms with Crippen LogP contribution in [0.2, 0.25) is 0 Å². The van der Waals surface area contributed by atoms with E-state index in [0.29, 0.717) is 31.8 Å². The lowest BCUT2D eigenvalue weighted by Gasteiger charge is -2.18. The van der Waals surface area contributed by atoms with Crippen molar-refractivity contribution in [2.24, 2.45) is 11.8 Å². The summed E-state index contributed by atoms with van der Waals surface area (Å²) in [5.41, 5.74) is 1.07. The van der Waals surface area contributed by atoms with E-state index in [-0.39, 0.29) is 17.7 Å². The molecule has 0 radical (unpaired) electrons. The van der Waals surface area contributed by atoms with E-state index in [9.17, 15) is 9.59 Å². The van der Waals surface area contributed by atoms with E-state index in [1.807, 2.05) is 24.3 Å². The number of likely N-dealkylation sites (tertiary alicyclic amines) is 1. The smallest absolute Gasteiger partial charge is 0.225 e. The molecule has 1 N–H and O–H groups in total. The Morgan fingerprint density at radius 3 is 2.83 bits per heavy atom. The van der Waals surface area contributed by atoms with E-state index in [2.05, 4.69) is 19.2 Å². The Morgan fingerprint density at radius 2 is 2.13 bits per heavy atom. The molecule has 1 aliphatic heterocycles. The monoisotopic (exact) mass is 318 g/mol. The van der Waals surface area contributed by atoms with Gasteiger partial charge in [0.25, 0.3) is 0 Å². The summed E-state index contributed by atoms with van der Waals surface area (Å²) in [5.74, 6) is 1.09. The molecule has 1 unspecified atom stereocenters. The van der Waals surface area contributed by atoms with Crippen molar-refractivity contribution in [3.8, 4) is 5.75 Å². The highest BCUT2D eigenvalue weighted by Crippen LogP contribution is 2.20. The second kappa shape index (κ2) is 7.99. The lowest BCUT2D eigenvalue weighted by molar-refractivity contribution is -0.129. The van der Waals surface area contributed by atoms with Crippen molar-refractivity contribution in [3.63, 3.8) is 0 Å². The van der Waals surface area contributed by atoms with Gasteiger partial charge in [0, 0.05) is 26.1 Å². The van der Waals surface area contributed by atoms with E-state index in [4.69, 9.17) is 4.74 Å². The number of nitrogens with one attached hydrogen (secondary N) is 1. The second-order valence-corrected chi connectivity index (χ2v) is 6.45. The van der Waals surface area contributed by atoms with Gasteiger partial charge in [-0.2, -0.15) is 0 Å². The fourth-order valence-electron chi connectivity index (χ4n) is 2.94. The van der Waals surface area contributed by atoms with E-state index in [0.717, 1.165) is 17.9 Å². The molecule has 0 saturated carbocycles. The minimum absolute atomic E-state index is 0.0282. The summed E-state index contributed by atoms with van der Waals surface area (Å²) in [4.78, 5) is 26.0. The quantitative estimate of drug-likeness (QED) is 0.835. The molecule has 1 saturated heterocycles. The minimum Gasteiger partial charge on any atom is -0.496 e. The molecule has 1 atom stereocenters. The van der Waals surface area contributed by atoms with E-state index in [1.54, 1.807) is 12.0 Å². The third kappa shape index (κ3) is 4.71. The van der Waals surface area contributed by atoms with Crippen LogP contribution in [0.15, 0.2) is 24.3 Å². The van der Waals surface area contributed by atoms with Gasteiger partial charge in [0.05, 0.1) is 13.0 Å². The number of benzene rings is 1. The van der Waals surface area contributed by atoms with Crippen LogP contribution in [0.3, 0.4) is 0 Å². The maximum absolute atomic E-state index is 12.2. The van der Waals surface area contributed by atoms with Gasteiger partial charge < -0.3 is 15.0 Å². The Hall–Kier alpha value is -2.04. The zero-order valence-corrected chi connectivity index (χ0v) is 14.2. The normalized spacial score (nSPS) is 17.7. The van der Waals surface area contributed by atoms with Gasteiger partial charge in [-0.3, -0.25) is 9.59 Å². The Kier molecular flexibility index (Phi) is 6.02. The number of nitrogens with zero attached hydrogens (tertiary/aromatic N) is 1. The summed E-state index contributed by atoms with van der Waals surface area (Å²) in [6.45, 7) is 5.97. The molecule has 5 heteroatoms. The van der Waals surface area contributed by atoms with E-state index in [1.165, 1.54) is 0 Å². The van der Waals surface area contributed by atoms with E-state index >= 15 is 0 Å².